The Balaban J connectivity index is 2.10. The summed E-state index contributed by atoms with van der Waals surface area (Å²) in [6, 6.07) is 0.435. The lowest BCUT2D eigenvalue weighted by Crippen LogP contribution is -2.37. The first-order valence-corrected chi connectivity index (χ1v) is 7.54. The molecule has 2 aromatic rings. The van der Waals surface area contributed by atoms with E-state index in [9.17, 15) is 18.7 Å². The summed E-state index contributed by atoms with van der Waals surface area (Å²) in [6.07, 6.45) is 0.0164. The van der Waals surface area contributed by atoms with Crippen LogP contribution in [0.15, 0.2) is 12.3 Å². The number of carboxylic acids is 1. The third-order valence-electron chi connectivity index (χ3n) is 4.04. The number of aromatic nitrogens is 4. The van der Waals surface area contributed by atoms with Crippen LogP contribution < -0.4 is 4.90 Å². The van der Waals surface area contributed by atoms with Crippen molar-refractivity contribution >= 4 is 11.9 Å². The van der Waals surface area contributed by atoms with E-state index in [1.54, 1.807) is 24.9 Å². The number of halogens is 2. The summed E-state index contributed by atoms with van der Waals surface area (Å²) in [7, 11) is 1.73. The van der Waals surface area contributed by atoms with E-state index in [2.05, 4.69) is 15.1 Å². The normalized spacial score (nSPS) is 17.7. The second-order valence-corrected chi connectivity index (χ2v) is 5.77. The minimum atomic E-state index is -2.77. The van der Waals surface area contributed by atoms with Crippen molar-refractivity contribution in [3.8, 4) is 11.3 Å². The standard InChI is InChI=1S/C15H17F2N5O2/c1-8-9(7-21(2)20-8)10-6-11(13(16)17)19-15(18-10)22-5-3-4-12(22)14(23)24/h6-7,12-13H,3-5H2,1-2H3,(H,23,24). The number of nitrogens with zero attached hydrogens (tertiary/aromatic N) is 5. The van der Waals surface area contributed by atoms with E-state index in [1.165, 1.54) is 11.0 Å². The van der Waals surface area contributed by atoms with Gasteiger partial charge in [0.2, 0.25) is 5.95 Å². The minimum absolute atomic E-state index is 0.0240. The Labute approximate surface area is 136 Å². The molecule has 3 rings (SSSR count). The molecule has 9 heteroatoms. The molecule has 7 nitrogen and oxygen atoms in total. The molecule has 0 saturated carbocycles. The summed E-state index contributed by atoms with van der Waals surface area (Å²) in [4.78, 5) is 21.1. The summed E-state index contributed by atoms with van der Waals surface area (Å²) in [5.74, 6) is -0.978. The first-order valence-electron chi connectivity index (χ1n) is 7.54. The highest BCUT2D eigenvalue weighted by atomic mass is 19.3. The molecular formula is C15H17F2N5O2. The molecule has 0 aliphatic carbocycles. The van der Waals surface area contributed by atoms with E-state index in [0.29, 0.717) is 36.3 Å². The van der Waals surface area contributed by atoms with Crippen molar-refractivity contribution in [1.29, 1.82) is 0 Å². The van der Waals surface area contributed by atoms with Gasteiger partial charge < -0.3 is 10.0 Å². The van der Waals surface area contributed by atoms with Crippen LogP contribution in [0.4, 0.5) is 14.7 Å². The Bertz CT molecular complexity index is 777. The van der Waals surface area contributed by atoms with Gasteiger partial charge in [-0.2, -0.15) is 5.10 Å². The van der Waals surface area contributed by atoms with Gasteiger partial charge in [0.15, 0.2) is 0 Å². The van der Waals surface area contributed by atoms with Gasteiger partial charge in [-0.05, 0) is 25.8 Å². The monoisotopic (exact) mass is 337 g/mol. The molecule has 1 aliphatic rings. The molecule has 1 N–H and O–H groups in total. The van der Waals surface area contributed by atoms with Crippen LogP contribution in [0.5, 0.6) is 0 Å². The van der Waals surface area contributed by atoms with Crippen LogP contribution in [0.1, 0.15) is 30.7 Å². The number of carbonyl (C=O) groups is 1. The highest BCUT2D eigenvalue weighted by Crippen LogP contribution is 2.30. The highest BCUT2D eigenvalue weighted by Gasteiger charge is 2.33. The number of hydrogen-bond acceptors (Lipinski definition) is 5. The van der Waals surface area contributed by atoms with Crippen molar-refractivity contribution in [2.45, 2.75) is 32.2 Å². The number of rotatable bonds is 4. The number of aliphatic carboxylic acids is 1. The fraction of sp³-hybridized carbons (Fsp3) is 0.467. The van der Waals surface area contributed by atoms with Gasteiger partial charge in [-0.15, -0.1) is 0 Å². The molecule has 0 amide bonds. The first kappa shape index (κ1) is 16.3. The zero-order valence-electron chi connectivity index (χ0n) is 13.3. The van der Waals surface area contributed by atoms with Gasteiger partial charge in [-0.1, -0.05) is 0 Å². The van der Waals surface area contributed by atoms with Crippen molar-refractivity contribution in [3.63, 3.8) is 0 Å². The summed E-state index contributed by atoms with van der Waals surface area (Å²) in [6.45, 7) is 2.18. The quantitative estimate of drug-likeness (QED) is 0.920. The van der Waals surface area contributed by atoms with Gasteiger partial charge >= 0.3 is 5.97 Å². The van der Waals surface area contributed by atoms with Crippen molar-refractivity contribution in [2.75, 3.05) is 11.4 Å². The number of carboxylic acid groups (broad SMARTS) is 1. The third-order valence-corrected chi connectivity index (χ3v) is 4.04. The number of alkyl halides is 2. The third kappa shape index (κ3) is 2.93. The van der Waals surface area contributed by atoms with E-state index in [4.69, 9.17) is 0 Å². The summed E-state index contributed by atoms with van der Waals surface area (Å²) < 4.78 is 28.1. The van der Waals surface area contributed by atoms with E-state index in [0.717, 1.165) is 0 Å². The Morgan fingerprint density at radius 1 is 1.42 bits per heavy atom. The van der Waals surface area contributed by atoms with Crippen LogP contribution in [-0.4, -0.2) is 43.4 Å². The lowest BCUT2D eigenvalue weighted by molar-refractivity contribution is -0.138. The van der Waals surface area contributed by atoms with Crippen molar-refractivity contribution in [2.24, 2.45) is 7.05 Å². The Kier molecular flexibility index (Phi) is 4.16. The minimum Gasteiger partial charge on any atom is -0.480 e. The molecule has 1 unspecified atom stereocenters. The summed E-state index contributed by atoms with van der Waals surface area (Å²) >= 11 is 0. The number of anilines is 1. The van der Waals surface area contributed by atoms with Crippen molar-refractivity contribution < 1.29 is 18.7 Å². The lowest BCUT2D eigenvalue weighted by Gasteiger charge is -2.22. The summed E-state index contributed by atoms with van der Waals surface area (Å²) in [5.41, 5.74) is 1.17. The molecule has 1 atom stereocenters. The van der Waals surface area contributed by atoms with Gasteiger partial charge in [0, 0.05) is 25.4 Å². The lowest BCUT2D eigenvalue weighted by atomic mass is 10.1. The first-order chi connectivity index (χ1) is 11.4. The molecule has 24 heavy (non-hydrogen) atoms. The Morgan fingerprint density at radius 3 is 2.75 bits per heavy atom. The maximum Gasteiger partial charge on any atom is 0.326 e. The van der Waals surface area contributed by atoms with E-state index in [1.807, 2.05) is 0 Å². The SMILES string of the molecule is Cc1nn(C)cc1-c1cc(C(F)F)nc(N2CCCC2C(=O)O)n1. The average Bonchev–Trinajstić information content (AvgIpc) is 3.13. The maximum absolute atomic E-state index is 13.2. The maximum atomic E-state index is 13.2. The zero-order valence-corrected chi connectivity index (χ0v) is 13.3. The van der Waals surface area contributed by atoms with Crippen LogP contribution in [0.25, 0.3) is 11.3 Å². The molecule has 3 heterocycles. The fourth-order valence-electron chi connectivity index (χ4n) is 2.94. The van der Waals surface area contributed by atoms with Crippen molar-refractivity contribution in [1.82, 2.24) is 19.7 Å². The van der Waals surface area contributed by atoms with Gasteiger partial charge in [-0.25, -0.2) is 23.5 Å². The topological polar surface area (TPSA) is 84.1 Å². The Hall–Kier alpha value is -2.58. The van der Waals surface area contributed by atoms with Crippen LogP contribution >= 0.6 is 0 Å². The summed E-state index contributed by atoms with van der Waals surface area (Å²) in [5, 5.41) is 13.5. The predicted molar refractivity (Wildman–Crippen MR) is 81.9 cm³/mol. The molecule has 0 aromatic carbocycles. The molecule has 0 spiro atoms. The van der Waals surface area contributed by atoms with Crippen LogP contribution in [0.3, 0.4) is 0 Å². The largest absolute Gasteiger partial charge is 0.480 e. The highest BCUT2D eigenvalue weighted by molar-refractivity contribution is 5.78. The fourth-order valence-corrected chi connectivity index (χ4v) is 2.94. The number of hydrogen-bond donors (Lipinski definition) is 1. The molecule has 128 valence electrons. The van der Waals surface area contributed by atoms with Gasteiger partial charge in [0.25, 0.3) is 6.43 Å². The predicted octanol–water partition coefficient (Wildman–Crippen LogP) is 2.18. The van der Waals surface area contributed by atoms with Crippen molar-refractivity contribution in [3.05, 3.63) is 23.7 Å². The zero-order chi connectivity index (χ0) is 17.4. The van der Waals surface area contributed by atoms with Crippen LogP contribution in [0.2, 0.25) is 0 Å². The smallest absolute Gasteiger partial charge is 0.326 e. The van der Waals surface area contributed by atoms with Gasteiger partial charge in [0.05, 0.1) is 11.4 Å². The van der Waals surface area contributed by atoms with E-state index >= 15 is 0 Å². The second kappa shape index (κ2) is 6.14. The van der Waals surface area contributed by atoms with Crippen LogP contribution in [0, 0.1) is 6.92 Å². The van der Waals surface area contributed by atoms with Gasteiger partial charge in [0.1, 0.15) is 11.7 Å². The molecular weight excluding hydrogens is 320 g/mol. The Morgan fingerprint density at radius 2 is 2.17 bits per heavy atom. The van der Waals surface area contributed by atoms with E-state index in [-0.39, 0.29) is 5.95 Å². The molecule has 0 bridgehead atoms. The molecule has 1 saturated heterocycles. The average molecular weight is 337 g/mol. The second-order valence-electron chi connectivity index (χ2n) is 5.77. The molecule has 2 aromatic heterocycles. The van der Waals surface area contributed by atoms with Gasteiger partial charge in [-0.3, -0.25) is 4.68 Å². The number of aryl methyl sites for hydroxylation is 2. The van der Waals surface area contributed by atoms with E-state index < -0.39 is 24.1 Å². The molecule has 1 aliphatic heterocycles. The molecule has 0 radical (unpaired) electrons. The molecule has 1 fully saturated rings. The van der Waals surface area contributed by atoms with Crippen LogP contribution in [-0.2, 0) is 11.8 Å².